The molecule has 2 aromatic rings. The summed E-state index contributed by atoms with van der Waals surface area (Å²) in [4.78, 5) is 3.57. The van der Waals surface area contributed by atoms with E-state index >= 15 is 0 Å². The fourth-order valence-electron chi connectivity index (χ4n) is 1.54. The fraction of sp³-hybridized carbons (Fsp3) is 0.0833. The highest BCUT2D eigenvalue weighted by molar-refractivity contribution is 7.92. The van der Waals surface area contributed by atoms with Crippen molar-refractivity contribution in [2.45, 2.75) is 11.8 Å². The van der Waals surface area contributed by atoms with Gasteiger partial charge < -0.3 is 5.73 Å². The van der Waals surface area contributed by atoms with Crippen LogP contribution in [0, 0.1) is 12.7 Å². The number of para-hydroxylation sites is 1. The number of nitrogens with two attached hydrogens (primary N) is 1. The number of nitrogen functional groups attached to an aromatic ring is 1. The number of hydrogen-bond acceptors (Lipinski definition) is 4. The monoisotopic (exact) mass is 281 g/mol. The maximum atomic E-state index is 13.3. The maximum absolute atomic E-state index is 13.3. The summed E-state index contributed by atoms with van der Waals surface area (Å²) in [5.74, 6) is -0.622. The summed E-state index contributed by atoms with van der Waals surface area (Å²) in [5, 5.41) is 0. The topological polar surface area (TPSA) is 85.1 Å². The summed E-state index contributed by atoms with van der Waals surface area (Å²) in [6.45, 7) is 1.80. The third-order valence-electron chi connectivity index (χ3n) is 2.46. The molecule has 0 radical (unpaired) electrons. The van der Waals surface area contributed by atoms with Gasteiger partial charge in [-0.1, -0.05) is 6.07 Å². The summed E-state index contributed by atoms with van der Waals surface area (Å²) in [6, 6.07) is 6.90. The van der Waals surface area contributed by atoms with E-state index in [-0.39, 0.29) is 10.7 Å². The van der Waals surface area contributed by atoms with Crippen LogP contribution in [-0.4, -0.2) is 13.4 Å². The number of pyridine rings is 1. The molecule has 0 aliphatic rings. The number of aromatic nitrogens is 1. The van der Waals surface area contributed by atoms with E-state index in [0.29, 0.717) is 0 Å². The van der Waals surface area contributed by atoms with E-state index < -0.39 is 21.5 Å². The summed E-state index contributed by atoms with van der Waals surface area (Å²) in [7, 11) is -3.96. The van der Waals surface area contributed by atoms with Crippen molar-refractivity contribution in [1.29, 1.82) is 0 Å². The van der Waals surface area contributed by atoms with E-state index in [4.69, 9.17) is 5.73 Å². The number of benzene rings is 1. The molecule has 1 heterocycles. The van der Waals surface area contributed by atoms with E-state index in [0.717, 1.165) is 11.6 Å². The second-order valence-corrected chi connectivity index (χ2v) is 5.63. The van der Waals surface area contributed by atoms with Crippen LogP contribution in [0.5, 0.6) is 0 Å². The molecule has 0 saturated carbocycles. The first-order valence-corrected chi connectivity index (χ1v) is 6.88. The van der Waals surface area contributed by atoms with Gasteiger partial charge in [-0.2, -0.15) is 0 Å². The summed E-state index contributed by atoms with van der Waals surface area (Å²) in [5.41, 5.74) is 5.87. The van der Waals surface area contributed by atoms with Gasteiger partial charge >= 0.3 is 0 Å². The van der Waals surface area contributed by atoms with Crippen molar-refractivity contribution in [3.63, 3.8) is 0 Å². The molecular weight excluding hydrogens is 269 g/mol. The molecule has 5 nitrogen and oxygen atoms in total. The summed E-state index contributed by atoms with van der Waals surface area (Å²) >= 11 is 0. The molecule has 1 aromatic heterocycles. The van der Waals surface area contributed by atoms with Crippen molar-refractivity contribution < 1.29 is 12.8 Å². The van der Waals surface area contributed by atoms with Gasteiger partial charge in [-0.05, 0) is 36.8 Å². The lowest BCUT2D eigenvalue weighted by atomic mass is 10.3. The molecule has 0 unspecified atom stereocenters. The molecule has 0 aliphatic heterocycles. The normalized spacial score (nSPS) is 11.3. The molecule has 0 fully saturated rings. The first kappa shape index (κ1) is 13.3. The Morgan fingerprint density at radius 3 is 2.74 bits per heavy atom. The van der Waals surface area contributed by atoms with Gasteiger partial charge in [-0.25, -0.2) is 17.8 Å². The molecule has 1 aromatic carbocycles. The molecule has 0 bridgehead atoms. The van der Waals surface area contributed by atoms with Crippen LogP contribution in [0.2, 0.25) is 0 Å². The van der Waals surface area contributed by atoms with E-state index in [1.165, 1.54) is 18.3 Å². The highest BCUT2D eigenvalue weighted by Gasteiger charge is 2.19. The molecule has 100 valence electrons. The number of aryl methyl sites for hydroxylation is 1. The Labute approximate surface area is 110 Å². The van der Waals surface area contributed by atoms with Gasteiger partial charge in [0.2, 0.25) is 0 Å². The highest BCUT2D eigenvalue weighted by Crippen LogP contribution is 2.23. The van der Waals surface area contributed by atoms with Gasteiger partial charge in [0, 0.05) is 6.20 Å². The van der Waals surface area contributed by atoms with Crippen LogP contribution in [-0.2, 0) is 10.0 Å². The zero-order valence-electron chi connectivity index (χ0n) is 10.1. The van der Waals surface area contributed by atoms with Crippen molar-refractivity contribution in [3.8, 4) is 0 Å². The molecule has 0 atom stereocenters. The Morgan fingerprint density at radius 1 is 1.32 bits per heavy atom. The van der Waals surface area contributed by atoms with Gasteiger partial charge in [-0.15, -0.1) is 0 Å². The van der Waals surface area contributed by atoms with Crippen molar-refractivity contribution in [2.24, 2.45) is 0 Å². The predicted octanol–water partition coefficient (Wildman–Crippen LogP) is 1.91. The van der Waals surface area contributed by atoms with Gasteiger partial charge in [0.25, 0.3) is 10.0 Å². The van der Waals surface area contributed by atoms with Gasteiger partial charge in [-0.3, -0.25) is 4.72 Å². The molecule has 7 heteroatoms. The number of nitrogens with zero attached hydrogens (tertiary/aromatic N) is 1. The standard InChI is InChI=1S/C12H12FN3O2S/c1-8-5-6-15-11(7-8)16-19(17,18)10-4-2-3-9(13)12(10)14/h2-7H,14H2,1H3,(H,15,16). The molecule has 2 rings (SSSR count). The van der Waals surface area contributed by atoms with E-state index in [1.54, 1.807) is 19.1 Å². The third-order valence-corrected chi connectivity index (χ3v) is 3.87. The Balaban J connectivity index is 2.41. The fourth-order valence-corrected chi connectivity index (χ4v) is 2.68. The lowest BCUT2D eigenvalue weighted by molar-refractivity contribution is 0.597. The minimum atomic E-state index is -3.96. The molecule has 0 aliphatic carbocycles. The number of hydrogen-bond donors (Lipinski definition) is 2. The smallest absolute Gasteiger partial charge is 0.265 e. The largest absolute Gasteiger partial charge is 0.395 e. The minimum Gasteiger partial charge on any atom is -0.395 e. The molecule has 0 spiro atoms. The number of anilines is 2. The number of nitrogens with one attached hydrogen (secondary N) is 1. The van der Waals surface area contributed by atoms with Crippen LogP contribution in [0.4, 0.5) is 15.9 Å². The van der Waals surface area contributed by atoms with Crippen molar-refractivity contribution in [2.75, 3.05) is 10.5 Å². The Morgan fingerprint density at radius 2 is 2.05 bits per heavy atom. The molecule has 0 amide bonds. The summed E-state index contributed by atoms with van der Waals surface area (Å²) in [6.07, 6.45) is 1.47. The quantitative estimate of drug-likeness (QED) is 0.842. The average molecular weight is 281 g/mol. The van der Waals surface area contributed by atoms with Crippen LogP contribution in [0.3, 0.4) is 0 Å². The average Bonchev–Trinajstić information content (AvgIpc) is 2.32. The van der Waals surface area contributed by atoms with Crippen molar-refractivity contribution in [1.82, 2.24) is 4.98 Å². The second kappa shape index (κ2) is 4.85. The van der Waals surface area contributed by atoms with E-state index in [2.05, 4.69) is 9.71 Å². The summed E-state index contributed by atoms with van der Waals surface area (Å²) < 4.78 is 39.7. The lowest BCUT2D eigenvalue weighted by Crippen LogP contribution is -2.16. The lowest BCUT2D eigenvalue weighted by Gasteiger charge is -2.10. The molecule has 3 N–H and O–H groups in total. The minimum absolute atomic E-state index is 0.156. The van der Waals surface area contributed by atoms with Crippen molar-refractivity contribution in [3.05, 3.63) is 47.9 Å². The van der Waals surface area contributed by atoms with Gasteiger partial charge in [0.1, 0.15) is 16.5 Å². The van der Waals surface area contributed by atoms with Crippen LogP contribution in [0.1, 0.15) is 5.56 Å². The number of sulfonamides is 1. The van der Waals surface area contributed by atoms with Crippen LogP contribution >= 0.6 is 0 Å². The zero-order chi connectivity index (χ0) is 14.0. The van der Waals surface area contributed by atoms with Crippen LogP contribution in [0.15, 0.2) is 41.4 Å². The zero-order valence-corrected chi connectivity index (χ0v) is 10.9. The molecule has 0 saturated heterocycles. The Kier molecular flexibility index (Phi) is 3.39. The van der Waals surface area contributed by atoms with E-state index in [1.807, 2.05) is 0 Å². The number of halogens is 1. The Hall–Kier alpha value is -2.15. The van der Waals surface area contributed by atoms with Crippen LogP contribution < -0.4 is 10.5 Å². The van der Waals surface area contributed by atoms with Gasteiger partial charge in [0.15, 0.2) is 0 Å². The van der Waals surface area contributed by atoms with Gasteiger partial charge in [0.05, 0.1) is 5.69 Å². The molecular formula is C12H12FN3O2S. The van der Waals surface area contributed by atoms with Crippen LogP contribution in [0.25, 0.3) is 0 Å². The molecule has 19 heavy (non-hydrogen) atoms. The second-order valence-electron chi connectivity index (χ2n) is 3.98. The third kappa shape index (κ3) is 2.82. The first-order valence-electron chi connectivity index (χ1n) is 5.39. The number of rotatable bonds is 3. The van der Waals surface area contributed by atoms with E-state index in [9.17, 15) is 12.8 Å². The predicted molar refractivity (Wildman–Crippen MR) is 70.6 cm³/mol. The maximum Gasteiger partial charge on any atom is 0.265 e. The Bertz CT molecular complexity index is 717. The first-order chi connectivity index (χ1) is 8.90. The van der Waals surface area contributed by atoms with Crippen molar-refractivity contribution >= 4 is 21.5 Å². The SMILES string of the molecule is Cc1ccnc(NS(=O)(=O)c2cccc(F)c2N)c1. The highest BCUT2D eigenvalue weighted by atomic mass is 32.2.